The Bertz CT molecular complexity index is 806. The number of rotatable bonds is 7. The summed E-state index contributed by atoms with van der Waals surface area (Å²) in [5.41, 5.74) is 0.266. The van der Waals surface area contributed by atoms with Gasteiger partial charge in [0, 0.05) is 30.9 Å². The van der Waals surface area contributed by atoms with E-state index in [1.807, 2.05) is 0 Å². The second-order valence-corrected chi connectivity index (χ2v) is 7.22. The number of carbonyl (C=O) groups excluding carboxylic acids is 1. The van der Waals surface area contributed by atoms with Crippen molar-refractivity contribution in [1.29, 1.82) is 0 Å². The number of hydrogen-bond donors (Lipinski definition) is 1. The number of amides is 1. The number of halogens is 4. The lowest BCUT2D eigenvalue weighted by molar-refractivity contribution is -0.142. The molecule has 1 N–H and O–H groups in total. The molecule has 2 heterocycles. The van der Waals surface area contributed by atoms with Crippen LogP contribution in [-0.2, 0) is 17.5 Å². The molecule has 0 saturated heterocycles. The third kappa shape index (κ3) is 4.63. The van der Waals surface area contributed by atoms with Gasteiger partial charge in [0.05, 0.1) is 10.7 Å². The molecule has 6 nitrogen and oxygen atoms in total. The Kier molecular flexibility index (Phi) is 5.50. The second kappa shape index (κ2) is 7.53. The van der Waals surface area contributed by atoms with E-state index < -0.39 is 17.9 Å². The molecule has 10 heteroatoms. The first-order chi connectivity index (χ1) is 12.7. The first-order valence-corrected chi connectivity index (χ1v) is 9.18. The molecule has 1 aliphatic carbocycles. The maximum atomic E-state index is 13.0. The number of aryl methyl sites for hydroxylation is 2. The van der Waals surface area contributed by atoms with Gasteiger partial charge < -0.3 is 5.32 Å². The van der Waals surface area contributed by atoms with Crippen LogP contribution in [0.3, 0.4) is 0 Å². The van der Waals surface area contributed by atoms with Gasteiger partial charge in [0.25, 0.3) is 0 Å². The van der Waals surface area contributed by atoms with Crippen molar-refractivity contribution in [2.45, 2.75) is 57.8 Å². The minimum atomic E-state index is -4.52. The predicted octanol–water partition coefficient (Wildman–Crippen LogP) is 3.71. The second-order valence-electron chi connectivity index (χ2n) is 6.82. The van der Waals surface area contributed by atoms with Gasteiger partial charge in [-0.05, 0) is 39.2 Å². The number of nitrogens with zero attached hydrogens (tertiary/aromatic N) is 4. The van der Waals surface area contributed by atoms with E-state index in [-0.39, 0.29) is 11.8 Å². The van der Waals surface area contributed by atoms with Crippen molar-refractivity contribution in [1.82, 2.24) is 24.9 Å². The van der Waals surface area contributed by atoms with Gasteiger partial charge >= 0.3 is 6.18 Å². The van der Waals surface area contributed by atoms with Gasteiger partial charge in [-0.1, -0.05) is 11.6 Å². The van der Waals surface area contributed by atoms with Gasteiger partial charge in [-0.15, -0.1) is 0 Å². The molecule has 3 rings (SSSR count). The smallest absolute Gasteiger partial charge is 0.354 e. The Hall–Kier alpha value is -2.03. The van der Waals surface area contributed by atoms with Crippen LogP contribution in [0.25, 0.3) is 0 Å². The molecule has 1 amide bonds. The van der Waals surface area contributed by atoms with Crippen LogP contribution < -0.4 is 5.32 Å². The van der Waals surface area contributed by atoms with E-state index in [4.69, 9.17) is 11.6 Å². The Labute approximate surface area is 159 Å². The number of nitrogens with one attached hydrogen (secondary N) is 1. The highest BCUT2D eigenvalue weighted by atomic mass is 35.5. The summed E-state index contributed by atoms with van der Waals surface area (Å²) in [7, 11) is 0. The molecular weight excluding hydrogens is 383 g/mol. The zero-order valence-electron chi connectivity index (χ0n) is 15.1. The van der Waals surface area contributed by atoms with Crippen molar-refractivity contribution in [2.24, 2.45) is 0 Å². The third-order valence-electron chi connectivity index (χ3n) is 4.55. The molecule has 1 unspecified atom stereocenters. The van der Waals surface area contributed by atoms with Crippen LogP contribution in [0, 0.1) is 6.92 Å². The first-order valence-electron chi connectivity index (χ1n) is 8.80. The fourth-order valence-electron chi connectivity index (χ4n) is 2.86. The minimum Gasteiger partial charge on any atom is -0.354 e. The summed E-state index contributed by atoms with van der Waals surface area (Å²) < 4.78 is 41.8. The van der Waals surface area contributed by atoms with E-state index in [9.17, 15) is 18.0 Å². The van der Waals surface area contributed by atoms with E-state index >= 15 is 0 Å². The van der Waals surface area contributed by atoms with Crippen LogP contribution in [-0.4, -0.2) is 32.0 Å². The highest BCUT2D eigenvalue weighted by Gasteiger charge is 2.39. The average molecular weight is 404 g/mol. The highest BCUT2D eigenvalue weighted by Crippen LogP contribution is 2.42. The van der Waals surface area contributed by atoms with Gasteiger partial charge in [-0.2, -0.15) is 23.4 Å². The van der Waals surface area contributed by atoms with Crippen molar-refractivity contribution in [2.75, 3.05) is 6.54 Å². The molecule has 1 saturated carbocycles. The largest absolute Gasteiger partial charge is 0.435 e. The van der Waals surface area contributed by atoms with Gasteiger partial charge in [0.1, 0.15) is 6.04 Å². The number of hydrogen-bond acceptors (Lipinski definition) is 3. The summed E-state index contributed by atoms with van der Waals surface area (Å²) in [5, 5.41) is 11.2. The highest BCUT2D eigenvalue weighted by molar-refractivity contribution is 6.31. The zero-order valence-corrected chi connectivity index (χ0v) is 15.8. The SMILES string of the molecule is Cc1nn(CCCNC(=O)C(C)n2nc(C(F)(F)F)cc2C2CC2)cc1Cl. The maximum absolute atomic E-state index is 13.0. The van der Waals surface area contributed by atoms with E-state index in [2.05, 4.69) is 15.5 Å². The molecule has 1 atom stereocenters. The van der Waals surface area contributed by atoms with Gasteiger partial charge in [-0.25, -0.2) is 0 Å². The lowest BCUT2D eigenvalue weighted by Gasteiger charge is -2.15. The van der Waals surface area contributed by atoms with Crippen LogP contribution in [0.5, 0.6) is 0 Å². The number of carbonyl (C=O) groups is 1. The molecule has 0 radical (unpaired) electrons. The standard InChI is InChI=1S/C17H21ClF3N5O/c1-10-13(18)9-25(23-10)7-3-6-22-16(27)11(2)26-14(12-4-5-12)8-15(24-26)17(19,20)21/h8-9,11-12H,3-7H2,1-2H3,(H,22,27). The van der Waals surface area contributed by atoms with Crippen LogP contribution in [0.2, 0.25) is 5.02 Å². The van der Waals surface area contributed by atoms with Gasteiger partial charge in [0.15, 0.2) is 5.69 Å². The Morgan fingerprint density at radius 3 is 2.67 bits per heavy atom. The molecule has 0 spiro atoms. The minimum absolute atomic E-state index is 0.0525. The summed E-state index contributed by atoms with van der Waals surface area (Å²) in [5.74, 6) is -0.306. The van der Waals surface area contributed by atoms with Crippen molar-refractivity contribution >= 4 is 17.5 Å². The molecule has 2 aromatic rings. The summed E-state index contributed by atoms with van der Waals surface area (Å²) in [6.07, 6.45) is -0.537. The molecule has 0 aromatic carbocycles. The van der Waals surface area contributed by atoms with Crippen LogP contribution in [0.1, 0.15) is 55.2 Å². The van der Waals surface area contributed by atoms with E-state index in [0.29, 0.717) is 30.2 Å². The third-order valence-corrected chi connectivity index (χ3v) is 4.92. The normalized spacial score (nSPS) is 15.8. The fourth-order valence-corrected chi connectivity index (χ4v) is 3.01. The molecule has 148 valence electrons. The predicted molar refractivity (Wildman–Crippen MR) is 93.5 cm³/mol. The first kappa shape index (κ1) is 19.7. The summed E-state index contributed by atoms with van der Waals surface area (Å²) in [4.78, 5) is 12.4. The zero-order chi connectivity index (χ0) is 19.8. The fraction of sp³-hybridized carbons (Fsp3) is 0.588. The average Bonchev–Trinajstić information content (AvgIpc) is 3.25. The Balaban J connectivity index is 1.57. The summed E-state index contributed by atoms with van der Waals surface area (Å²) >= 11 is 5.94. The van der Waals surface area contributed by atoms with Crippen molar-refractivity contribution in [3.63, 3.8) is 0 Å². The molecule has 0 aliphatic heterocycles. The van der Waals surface area contributed by atoms with E-state index in [1.54, 1.807) is 24.7 Å². The number of alkyl halides is 3. The molecule has 27 heavy (non-hydrogen) atoms. The molecule has 1 aliphatic rings. The lowest BCUT2D eigenvalue weighted by atomic mass is 10.2. The maximum Gasteiger partial charge on any atom is 0.435 e. The Morgan fingerprint density at radius 2 is 2.11 bits per heavy atom. The number of aromatic nitrogens is 4. The van der Waals surface area contributed by atoms with E-state index in [1.165, 1.54) is 4.68 Å². The summed E-state index contributed by atoms with van der Waals surface area (Å²) in [6.45, 7) is 4.32. The van der Waals surface area contributed by atoms with Gasteiger partial charge in [-0.3, -0.25) is 14.2 Å². The van der Waals surface area contributed by atoms with Crippen molar-refractivity contribution in [3.05, 3.63) is 34.4 Å². The lowest BCUT2D eigenvalue weighted by Crippen LogP contribution is -2.33. The van der Waals surface area contributed by atoms with Gasteiger partial charge in [0.2, 0.25) is 5.91 Å². The summed E-state index contributed by atoms with van der Waals surface area (Å²) in [6, 6.07) is 0.253. The Morgan fingerprint density at radius 1 is 1.41 bits per heavy atom. The van der Waals surface area contributed by atoms with Crippen molar-refractivity contribution < 1.29 is 18.0 Å². The van der Waals surface area contributed by atoms with Crippen LogP contribution in [0.4, 0.5) is 13.2 Å². The van der Waals surface area contributed by atoms with E-state index in [0.717, 1.165) is 24.6 Å². The van der Waals surface area contributed by atoms with Crippen LogP contribution >= 0.6 is 11.6 Å². The molecule has 1 fully saturated rings. The monoisotopic (exact) mass is 403 g/mol. The van der Waals surface area contributed by atoms with Crippen molar-refractivity contribution in [3.8, 4) is 0 Å². The quantitative estimate of drug-likeness (QED) is 0.717. The topological polar surface area (TPSA) is 64.7 Å². The van der Waals surface area contributed by atoms with Crippen LogP contribution in [0.15, 0.2) is 12.3 Å². The molecule has 2 aromatic heterocycles. The molecular formula is C17H21ClF3N5O. The molecule has 0 bridgehead atoms.